The molecule has 2 aromatic rings. The second kappa shape index (κ2) is 5.50. The number of hydrogen-bond acceptors (Lipinski definition) is 2. The molecule has 0 aromatic heterocycles. The van der Waals surface area contributed by atoms with Crippen molar-refractivity contribution in [1.29, 1.82) is 0 Å². The van der Waals surface area contributed by atoms with Crippen LogP contribution in [-0.2, 0) is 0 Å². The fourth-order valence-electron chi connectivity index (χ4n) is 1.82. The molecule has 0 saturated carbocycles. The van der Waals surface area contributed by atoms with Crippen molar-refractivity contribution in [3.63, 3.8) is 0 Å². The molecule has 0 aliphatic rings. The van der Waals surface area contributed by atoms with Crippen LogP contribution in [0.25, 0.3) is 0 Å². The van der Waals surface area contributed by atoms with Gasteiger partial charge >= 0.3 is 0 Å². The minimum absolute atomic E-state index is 0.0845. The summed E-state index contributed by atoms with van der Waals surface area (Å²) in [4.78, 5) is 1.20. The lowest BCUT2D eigenvalue weighted by Gasteiger charge is -2.21. The first kappa shape index (κ1) is 14.3. The van der Waals surface area contributed by atoms with Crippen LogP contribution >= 0.6 is 12.2 Å². The topological polar surface area (TPSA) is 29.3 Å². The van der Waals surface area contributed by atoms with E-state index in [0.29, 0.717) is 5.69 Å². The molecule has 2 nitrogen and oxygen atoms in total. The van der Waals surface area contributed by atoms with Crippen LogP contribution in [0.3, 0.4) is 0 Å². The van der Waals surface area contributed by atoms with E-state index in [4.69, 9.17) is 5.73 Å². The van der Waals surface area contributed by atoms with Gasteiger partial charge in [0.2, 0.25) is 0 Å². The van der Waals surface area contributed by atoms with E-state index in [1.807, 2.05) is 0 Å². The highest BCUT2D eigenvalue weighted by Gasteiger charge is 2.17. The fraction of sp³-hybridized carbons (Fsp3) is 0.0714. The maximum Gasteiger partial charge on any atom is 0.150 e. The van der Waals surface area contributed by atoms with Gasteiger partial charge in [0.1, 0.15) is 16.5 Å². The summed E-state index contributed by atoms with van der Waals surface area (Å²) < 4.78 is 40.9. The van der Waals surface area contributed by atoms with E-state index >= 15 is 0 Å². The van der Waals surface area contributed by atoms with Crippen LogP contribution in [0.1, 0.15) is 5.56 Å². The Morgan fingerprint density at radius 1 is 1.05 bits per heavy atom. The van der Waals surface area contributed by atoms with E-state index in [9.17, 15) is 13.2 Å². The summed E-state index contributed by atoms with van der Waals surface area (Å²) in [5, 5.41) is 0. The maximum atomic E-state index is 14.0. The molecule has 6 heteroatoms. The Morgan fingerprint density at radius 2 is 1.55 bits per heavy atom. The van der Waals surface area contributed by atoms with E-state index in [-0.39, 0.29) is 16.2 Å². The zero-order chi connectivity index (χ0) is 14.9. The Bertz CT molecular complexity index is 633. The molecule has 0 aliphatic heterocycles. The molecule has 2 N–H and O–H groups in total. The predicted molar refractivity (Wildman–Crippen MR) is 76.7 cm³/mol. The number of halogens is 3. The van der Waals surface area contributed by atoms with Crippen molar-refractivity contribution in [2.75, 3.05) is 11.9 Å². The van der Waals surface area contributed by atoms with Gasteiger partial charge in [-0.2, -0.15) is 0 Å². The lowest BCUT2D eigenvalue weighted by atomic mass is 10.1. The van der Waals surface area contributed by atoms with Gasteiger partial charge in [0.05, 0.1) is 0 Å². The Kier molecular flexibility index (Phi) is 3.94. The maximum absolute atomic E-state index is 14.0. The first-order chi connectivity index (χ1) is 9.40. The van der Waals surface area contributed by atoms with Gasteiger partial charge in [-0.05, 0) is 36.4 Å². The summed E-state index contributed by atoms with van der Waals surface area (Å²) in [6, 6.07) is 7.42. The van der Waals surface area contributed by atoms with Gasteiger partial charge in [-0.3, -0.25) is 0 Å². The van der Waals surface area contributed by atoms with Crippen LogP contribution in [0.15, 0.2) is 36.4 Å². The van der Waals surface area contributed by atoms with Gasteiger partial charge in [0.15, 0.2) is 11.6 Å². The molecule has 0 atom stereocenters. The minimum Gasteiger partial charge on any atom is -0.389 e. The quantitative estimate of drug-likeness (QED) is 0.879. The highest BCUT2D eigenvalue weighted by molar-refractivity contribution is 7.80. The third-order valence-corrected chi connectivity index (χ3v) is 3.09. The summed E-state index contributed by atoms with van der Waals surface area (Å²) in [7, 11) is 1.48. The standard InChI is InChI=1S/C14H11F3N2S/c1-19(10-4-2-9(15)3-5-10)13-11(16)6-8(14(18)20)7-12(13)17/h2-7H,1H3,(H2,18,20). The van der Waals surface area contributed by atoms with Crippen molar-refractivity contribution in [3.05, 3.63) is 59.4 Å². The molecule has 2 aromatic carbocycles. The molecule has 0 radical (unpaired) electrons. The van der Waals surface area contributed by atoms with Crippen molar-refractivity contribution < 1.29 is 13.2 Å². The van der Waals surface area contributed by atoms with Gasteiger partial charge in [-0.15, -0.1) is 0 Å². The smallest absolute Gasteiger partial charge is 0.150 e. The molecule has 0 bridgehead atoms. The number of hydrogen-bond donors (Lipinski definition) is 1. The monoisotopic (exact) mass is 296 g/mol. The molecule has 104 valence electrons. The van der Waals surface area contributed by atoms with Gasteiger partial charge < -0.3 is 10.6 Å². The molecule has 0 aliphatic carbocycles. The molecule has 0 saturated heterocycles. The average molecular weight is 296 g/mol. The second-order valence-corrected chi connectivity index (χ2v) is 4.63. The average Bonchev–Trinajstić information content (AvgIpc) is 2.38. The van der Waals surface area contributed by atoms with Crippen LogP contribution < -0.4 is 10.6 Å². The van der Waals surface area contributed by atoms with E-state index in [1.165, 1.54) is 36.2 Å². The number of rotatable bonds is 3. The molecule has 0 fully saturated rings. The second-order valence-electron chi connectivity index (χ2n) is 4.19. The Hall–Kier alpha value is -2.08. The lowest BCUT2D eigenvalue weighted by molar-refractivity contribution is 0.583. The van der Waals surface area contributed by atoms with Crippen molar-refractivity contribution in [2.24, 2.45) is 5.73 Å². The number of anilines is 2. The van der Waals surface area contributed by atoms with Gasteiger partial charge in [0.25, 0.3) is 0 Å². The zero-order valence-electron chi connectivity index (χ0n) is 10.5. The molecular formula is C14H11F3N2S. The molecule has 2 rings (SSSR count). The highest BCUT2D eigenvalue weighted by atomic mass is 32.1. The number of nitrogens with zero attached hydrogens (tertiary/aromatic N) is 1. The SMILES string of the molecule is CN(c1ccc(F)cc1)c1c(F)cc(C(N)=S)cc1F. The van der Waals surface area contributed by atoms with Crippen LogP contribution in [0, 0.1) is 17.5 Å². The normalized spacial score (nSPS) is 10.4. The number of nitrogens with two attached hydrogens (primary N) is 1. The minimum atomic E-state index is -0.792. The van der Waals surface area contributed by atoms with Crippen LogP contribution in [-0.4, -0.2) is 12.0 Å². The molecule has 0 amide bonds. The van der Waals surface area contributed by atoms with E-state index in [0.717, 1.165) is 12.1 Å². The van der Waals surface area contributed by atoms with Gasteiger partial charge in [-0.25, -0.2) is 13.2 Å². The summed E-state index contributed by atoms with van der Waals surface area (Å²) in [6.07, 6.45) is 0. The van der Waals surface area contributed by atoms with Gasteiger partial charge in [-0.1, -0.05) is 12.2 Å². The number of benzene rings is 2. The van der Waals surface area contributed by atoms with E-state index < -0.39 is 17.5 Å². The zero-order valence-corrected chi connectivity index (χ0v) is 11.3. The number of thiocarbonyl (C=S) groups is 1. The molecule has 0 heterocycles. The Labute approximate surface area is 119 Å². The highest BCUT2D eigenvalue weighted by Crippen LogP contribution is 2.30. The third-order valence-electron chi connectivity index (χ3n) is 2.85. The fourth-order valence-corrected chi connectivity index (χ4v) is 1.94. The third kappa shape index (κ3) is 2.75. The molecular weight excluding hydrogens is 285 g/mol. The summed E-state index contributed by atoms with van der Waals surface area (Å²) in [5.41, 5.74) is 5.66. The summed E-state index contributed by atoms with van der Waals surface area (Å²) in [6.45, 7) is 0. The van der Waals surface area contributed by atoms with Crippen LogP contribution in [0.5, 0.6) is 0 Å². The molecule has 0 unspecified atom stereocenters. The van der Waals surface area contributed by atoms with Crippen molar-refractivity contribution in [1.82, 2.24) is 0 Å². The van der Waals surface area contributed by atoms with Gasteiger partial charge in [0, 0.05) is 18.3 Å². The van der Waals surface area contributed by atoms with E-state index in [2.05, 4.69) is 12.2 Å². The van der Waals surface area contributed by atoms with Crippen molar-refractivity contribution >= 4 is 28.6 Å². The van der Waals surface area contributed by atoms with Crippen molar-refractivity contribution in [2.45, 2.75) is 0 Å². The lowest BCUT2D eigenvalue weighted by Crippen LogP contribution is -2.16. The van der Waals surface area contributed by atoms with E-state index in [1.54, 1.807) is 0 Å². The first-order valence-electron chi connectivity index (χ1n) is 5.68. The van der Waals surface area contributed by atoms with Crippen LogP contribution in [0.4, 0.5) is 24.5 Å². The van der Waals surface area contributed by atoms with Crippen LogP contribution in [0.2, 0.25) is 0 Å². The Morgan fingerprint density at radius 3 is 2.00 bits per heavy atom. The molecule has 0 spiro atoms. The predicted octanol–water partition coefficient (Wildman–Crippen LogP) is 3.51. The Balaban J connectivity index is 2.47. The first-order valence-corrected chi connectivity index (χ1v) is 6.09. The largest absolute Gasteiger partial charge is 0.389 e. The summed E-state index contributed by atoms with van der Waals surface area (Å²) in [5.74, 6) is -2.01. The summed E-state index contributed by atoms with van der Waals surface area (Å²) >= 11 is 4.69. The molecule has 20 heavy (non-hydrogen) atoms. The van der Waals surface area contributed by atoms with Crippen molar-refractivity contribution in [3.8, 4) is 0 Å².